The van der Waals surface area contributed by atoms with Gasteiger partial charge in [-0.15, -0.1) is 0 Å². The van der Waals surface area contributed by atoms with Gasteiger partial charge >= 0.3 is 0 Å². The van der Waals surface area contributed by atoms with E-state index in [4.69, 9.17) is 5.53 Å². The topological polar surface area (TPSA) is 65.8 Å². The van der Waals surface area contributed by atoms with Crippen molar-refractivity contribution in [2.45, 2.75) is 25.3 Å². The van der Waals surface area contributed by atoms with E-state index in [9.17, 15) is 4.79 Å². The summed E-state index contributed by atoms with van der Waals surface area (Å²) < 4.78 is 0. The molecule has 1 saturated carbocycles. The molecule has 4 heteroatoms. The minimum absolute atomic E-state index is 0.155. The van der Waals surface area contributed by atoms with Crippen LogP contribution in [-0.2, 0) is 4.79 Å². The molecular formula is C7H9N3O. The van der Waals surface area contributed by atoms with Crippen LogP contribution < -0.4 is 0 Å². The number of nitrogens with zero attached hydrogens (tertiary/aromatic N) is 3. The fourth-order valence-corrected chi connectivity index (χ4v) is 1.16. The number of hydrogen-bond acceptors (Lipinski definition) is 2. The van der Waals surface area contributed by atoms with Gasteiger partial charge in [0, 0.05) is 17.8 Å². The Morgan fingerprint density at radius 3 is 3.00 bits per heavy atom. The molecule has 58 valence electrons. The summed E-state index contributed by atoms with van der Waals surface area (Å²) in [6.45, 7) is 3.68. The molecule has 0 saturated heterocycles. The van der Waals surface area contributed by atoms with Crippen LogP contribution in [-0.4, -0.2) is 11.8 Å². The van der Waals surface area contributed by atoms with Crippen LogP contribution in [0.4, 0.5) is 0 Å². The second kappa shape index (κ2) is 3.21. The Labute approximate surface area is 64.5 Å². The average molecular weight is 151 g/mol. The molecular weight excluding hydrogens is 142 g/mol. The van der Waals surface area contributed by atoms with Gasteiger partial charge in [-0.25, -0.2) is 0 Å². The molecule has 0 aromatic carbocycles. The number of carbonyl (C=O) groups excluding carboxylic acids is 1. The molecule has 0 heterocycles. The molecule has 0 bridgehead atoms. The molecule has 0 aromatic heterocycles. The van der Waals surface area contributed by atoms with E-state index in [1.54, 1.807) is 0 Å². The van der Waals surface area contributed by atoms with Crippen LogP contribution in [0.25, 0.3) is 10.4 Å². The second-order valence-electron chi connectivity index (χ2n) is 2.63. The molecule has 0 spiro atoms. The minimum Gasteiger partial charge on any atom is -0.299 e. The average Bonchev–Trinajstić information content (AvgIpc) is 1.95. The number of Topliss-reactive ketones (excluding diaryl/α,β-unsaturated/α-hetero) is 1. The molecule has 1 unspecified atom stereocenters. The van der Waals surface area contributed by atoms with Crippen molar-refractivity contribution in [3.63, 3.8) is 0 Å². The number of rotatable bonds is 1. The highest BCUT2D eigenvalue weighted by atomic mass is 16.1. The number of ketones is 1. The molecule has 0 aliphatic heterocycles. The first-order valence-electron chi connectivity index (χ1n) is 3.47. The molecule has 1 fully saturated rings. The van der Waals surface area contributed by atoms with Crippen LogP contribution in [0.3, 0.4) is 0 Å². The quantitative estimate of drug-likeness (QED) is 0.244. The van der Waals surface area contributed by atoms with Gasteiger partial charge in [-0.05, 0) is 12.0 Å². The molecule has 1 rings (SSSR count). The molecule has 1 aliphatic rings. The van der Waals surface area contributed by atoms with E-state index in [0.29, 0.717) is 19.3 Å². The van der Waals surface area contributed by atoms with Gasteiger partial charge in [0.1, 0.15) is 5.78 Å². The fourth-order valence-electron chi connectivity index (χ4n) is 1.16. The zero-order valence-corrected chi connectivity index (χ0v) is 6.16. The largest absolute Gasteiger partial charge is 0.299 e. The third-order valence-corrected chi connectivity index (χ3v) is 1.78. The molecule has 0 N–H and O–H groups in total. The normalized spacial score (nSPS) is 24.5. The highest BCUT2D eigenvalue weighted by Gasteiger charge is 2.20. The summed E-state index contributed by atoms with van der Waals surface area (Å²) in [7, 11) is 0. The van der Waals surface area contributed by atoms with Gasteiger partial charge in [-0.2, -0.15) is 0 Å². The monoisotopic (exact) mass is 151 g/mol. The predicted molar refractivity (Wildman–Crippen MR) is 40.9 cm³/mol. The maximum Gasteiger partial charge on any atom is 0.136 e. The van der Waals surface area contributed by atoms with E-state index in [1.807, 2.05) is 0 Å². The molecule has 1 aliphatic carbocycles. The molecule has 1 atom stereocenters. The number of azide groups is 1. The number of carbonyl (C=O) groups is 1. The van der Waals surface area contributed by atoms with Crippen LogP contribution >= 0.6 is 0 Å². The van der Waals surface area contributed by atoms with E-state index in [0.717, 1.165) is 5.57 Å². The zero-order chi connectivity index (χ0) is 8.27. The zero-order valence-electron chi connectivity index (χ0n) is 6.16. The Morgan fingerprint density at radius 2 is 2.45 bits per heavy atom. The lowest BCUT2D eigenvalue weighted by Crippen LogP contribution is -2.18. The first kappa shape index (κ1) is 7.82. The second-order valence-corrected chi connectivity index (χ2v) is 2.63. The SMILES string of the molecule is C=C1CC(=O)CCC1N=[N+]=[N-]. The van der Waals surface area contributed by atoms with E-state index < -0.39 is 0 Å². The third-order valence-electron chi connectivity index (χ3n) is 1.78. The molecule has 0 radical (unpaired) electrons. The predicted octanol–water partition coefficient (Wildman–Crippen LogP) is 1.97. The highest BCUT2D eigenvalue weighted by molar-refractivity contribution is 5.82. The third kappa shape index (κ3) is 1.82. The van der Waals surface area contributed by atoms with Crippen LogP contribution in [0, 0.1) is 0 Å². The van der Waals surface area contributed by atoms with Crippen LogP contribution in [0.2, 0.25) is 0 Å². The van der Waals surface area contributed by atoms with Crippen molar-refractivity contribution in [2.75, 3.05) is 0 Å². The summed E-state index contributed by atoms with van der Waals surface area (Å²) in [4.78, 5) is 13.5. The Balaban J connectivity index is 2.64. The van der Waals surface area contributed by atoms with Gasteiger partial charge in [-0.1, -0.05) is 17.3 Å². The summed E-state index contributed by atoms with van der Waals surface area (Å²) in [5.41, 5.74) is 8.88. The summed E-state index contributed by atoms with van der Waals surface area (Å²) >= 11 is 0. The Hall–Kier alpha value is -1.28. The van der Waals surface area contributed by atoms with Gasteiger partial charge in [0.15, 0.2) is 0 Å². The van der Waals surface area contributed by atoms with Gasteiger partial charge in [-0.3, -0.25) is 4.79 Å². The standard InChI is InChI=1S/C7H9N3O/c1-5-4-6(11)2-3-7(5)9-10-8/h7H,1-4H2. The van der Waals surface area contributed by atoms with Gasteiger partial charge in [0.05, 0.1) is 6.04 Å². The smallest absolute Gasteiger partial charge is 0.136 e. The van der Waals surface area contributed by atoms with E-state index >= 15 is 0 Å². The molecule has 0 aromatic rings. The Bertz CT molecular complexity index is 240. The minimum atomic E-state index is -0.155. The van der Waals surface area contributed by atoms with Gasteiger partial charge < -0.3 is 0 Å². The Kier molecular flexibility index (Phi) is 2.28. The van der Waals surface area contributed by atoms with Gasteiger partial charge in [0.25, 0.3) is 0 Å². The summed E-state index contributed by atoms with van der Waals surface area (Å²) in [6, 6.07) is -0.155. The van der Waals surface area contributed by atoms with Gasteiger partial charge in [0.2, 0.25) is 0 Å². The molecule has 11 heavy (non-hydrogen) atoms. The van der Waals surface area contributed by atoms with Crippen molar-refractivity contribution in [1.29, 1.82) is 0 Å². The van der Waals surface area contributed by atoms with E-state index in [2.05, 4.69) is 16.6 Å². The Morgan fingerprint density at radius 1 is 1.73 bits per heavy atom. The van der Waals surface area contributed by atoms with Crippen molar-refractivity contribution in [2.24, 2.45) is 5.11 Å². The number of hydrogen-bond donors (Lipinski definition) is 0. The fraction of sp³-hybridized carbons (Fsp3) is 0.571. The van der Waals surface area contributed by atoms with Crippen molar-refractivity contribution in [3.05, 3.63) is 22.6 Å². The van der Waals surface area contributed by atoms with Crippen molar-refractivity contribution in [3.8, 4) is 0 Å². The lowest BCUT2D eigenvalue weighted by Gasteiger charge is -2.18. The van der Waals surface area contributed by atoms with Crippen molar-refractivity contribution >= 4 is 5.78 Å². The van der Waals surface area contributed by atoms with Crippen LogP contribution in [0.15, 0.2) is 17.3 Å². The van der Waals surface area contributed by atoms with Crippen LogP contribution in [0.1, 0.15) is 19.3 Å². The van der Waals surface area contributed by atoms with Crippen LogP contribution in [0.5, 0.6) is 0 Å². The lowest BCUT2D eigenvalue weighted by atomic mass is 9.91. The first-order chi connectivity index (χ1) is 5.24. The highest BCUT2D eigenvalue weighted by Crippen LogP contribution is 2.22. The summed E-state index contributed by atoms with van der Waals surface area (Å²) in [6.07, 6.45) is 1.52. The van der Waals surface area contributed by atoms with Crippen molar-refractivity contribution < 1.29 is 4.79 Å². The first-order valence-corrected chi connectivity index (χ1v) is 3.47. The van der Waals surface area contributed by atoms with E-state index in [1.165, 1.54) is 0 Å². The summed E-state index contributed by atoms with van der Waals surface area (Å²) in [5, 5.41) is 3.53. The maximum absolute atomic E-state index is 10.8. The summed E-state index contributed by atoms with van der Waals surface area (Å²) in [5.74, 6) is 0.194. The molecule has 0 amide bonds. The molecule has 4 nitrogen and oxygen atoms in total. The van der Waals surface area contributed by atoms with E-state index in [-0.39, 0.29) is 11.8 Å². The maximum atomic E-state index is 10.8. The lowest BCUT2D eigenvalue weighted by molar-refractivity contribution is -0.119. The van der Waals surface area contributed by atoms with Crippen molar-refractivity contribution in [1.82, 2.24) is 0 Å².